The minimum atomic E-state index is -1.21. The number of rotatable bonds is 15. The van der Waals surface area contributed by atoms with Crippen molar-refractivity contribution in [2.24, 2.45) is 25.9 Å². The fourth-order valence-electron chi connectivity index (χ4n) is 16.2. The van der Waals surface area contributed by atoms with Crippen molar-refractivity contribution < 1.29 is 56.9 Å². The van der Waals surface area contributed by atoms with Crippen molar-refractivity contribution in [2.45, 2.75) is 154 Å². The number of aliphatic hydroxyl groups is 2. The molecule has 3 unspecified atom stereocenters. The Morgan fingerprint density at radius 1 is 0.616 bits per heavy atom. The summed E-state index contributed by atoms with van der Waals surface area (Å²) in [4.78, 5) is 136. The van der Waals surface area contributed by atoms with E-state index in [0.29, 0.717) is 72.2 Å². The number of amides is 6. The van der Waals surface area contributed by atoms with Crippen LogP contribution < -0.4 is 47.8 Å². The van der Waals surface area contributed by atoms with Gasteiger partial charge in [0.15, 0.2) is 33.4 Å². The van der Waals surface area contributed by atoms with Crippen molar-refractivity contribution in [3.05, 3.63) is 140 Å². The standard InChI is InChI=1S/C39H46N8O6S.C21H24N4O4S.C18H22N4O3.BFH2P/c1-22-40-29(21-53-22)35(49)41-27-19-32-28(18-26(27)39(2,3)52)42-37(54-32)46-16-10-23(11-17-46)20-45-14-12-24(13-15-45)25-6-5-7-30-34(25)44(4)38(51)47(30)31-8-9-33(48)43-36(31)50;1-12-22-17(11-29-12)19(27)23-15-9-18-16(8-14(15)21(2,3)28)24-20(30-18)25-6-4-13(10-26)5-7-25;1-21-16-12(11-7-9-19-10-8-11)3-2-4-13(16)22(18(21)25)14-5-6-15(23)20-17(14)24;2-1-3/h5-7,18-19,21,23-24,31,52H,8-17,20H2,1-4H3,(H,41,49)(H,43,48,50);8-11,13,28H,4-7H2,1-3H3,(H,23,27);2-4,11,14,19H,5-10H2,1H3,(H,20,23,24);3H2. The number of para-hydroxylation sites is 2. The van der Waals surface area contributed by atoms with Gasteiger partial charge in [0.05, 0.1) is 53.7 Å². The smallest absolute Gasteiger partial charge is 0.379 e. The normalized spacial score (nSPS) is 18.7. The van der Waals surface area contributed by atoms with Crippen molar-refractivity contribution in [3.8, 4) is 0 Å². The molecule has 3 atom stereocenters. The molecule has 6 amide bonds. The van der Waals surface area contributed by atoms with Crippen LogP contribution in [0.3, 0.4) is 0 Å². The van der Waals surface area contributed by atoms with Gasteiger partial charge in [-0.3, -0.25) is 57.7 Å². The van der Waals surface area contributed by atoms with Crippen LogP contribution in [0.4, 0.5) is 26.0 Å². The molecule has 0 spiro atoms. The van der Waals surface area contributed by atoms with Gasteiger partial charge in [0.25, 0.3) is 11.8 Å². The molecular formula is C78H94BFN16O13PS2. The molecule has 10 aromatic rings. The maximum absolute atomic E-state index is 13.4. The Balaban J connectivity index is 0.000000159. The fourth-order valence-corrected chi connectivity index (χ4v) is 18.3. The van der Waals surface area contributed by atoms with Gasteiger partial charge in [-0.15, -0.1) is 9.12 Å². The van der Waals surface area contributed by atoms with E-state index >= 15 is 0 Å². The monoisotopic (exact) mass is 1590 g/mol. The second kappa shape index (κ2) is 34.0. The van der Waals surface area contributed by atoms with Gasteiger partial charge in [-0.05, 0) is 183 Å². The fraction of sp³-hybridized carbons (Fsp3) is 0.474. The molecule has 0 saturated carbocycles. The molecular weight excluding hydrogens is 1490 g/mol. The maximum Gasteiger partial charge on any atom is 0.379 e. The van der Waals surface area contributed by atoms with E-state index < -0.39 is 46.9 Å². The number of aldehydes is 1. The molecule has 591 valence electrons. The summed E-state index contributed by atoms with van der Waals surface area (Å²) in [5, 5.41) is 37.3. The maximum atomic E-state index is 13.4. The van der Waals surface area contributed by atoms with Gasteiger partial charge in [0.2, 0.25) is 23.6 Å². The topological polar surface area (TPSA) is 362 Å². The first-order valence-corrected chi connectivity index (χ1v) is 40.3. The average molecular weight is 1590 g/mol. The molecule has 6 aliphatic rings. The molecule has 7 N–H and O–H groups in total. The number of carbonyl (C=O) groups is 7. The van der Waals surface area contributed by atoms with Gasteiger partial charge in [-0.2, -0.15) is 0 Å². The summed E-state index contributed by atoms with van der Waals surface area (Å²) in [6.45, 7) is 18.4. The Labute approximate surface area is 655 Å². The number of hydrogen-bond donors (Lipinski definition) is 7. The second-order valence-electron chi connectivity index (χ2n) is 30.7. The quantitative estimate of drug-likeness (QED) is 0.0217. The van der Waals surface area contributed by atoms with E-state index in [4.69, 9.17) is 18.8 Å². The lowest BCUT2D eigenvalue weighted by molar-refractivity contribution is -0.137. The highest BCUT2D eigenvalue weighted by molar-refractivity contribution is 7.54. The number of anilines is 4. The van der Waals surface area contributed by atoms with Crippen LogP contribution in [-0.4, -0.2) is 161 Å². The van der Waals surface area contributed by atoms with Gasteiger partial charge < -0.3 is 58.8 Å². The number of halogens is 1. The van der Waals surface area contributed by atoms with E-state index in [1.54, 1.807) is 94.4 Å². The van der Waals surface area contributed by atoms with Crippen molar-refractivity contribution in [1.29, 1.82) is 0 Å². The Morgan fingerprint density at radius 3 is 1.43 bits per heavy atom. The highest BCUT2D eigenvalue weighted by atomic mass is 32.1. The molecule has 0 aliphatic carbocycles. The number of imidazole rings is 2. The van der Waals surface area contributed by atoms with Crippen LogP contribution in [0, 0.1) is 25.7 Å². The minimum absolute atomic E-state index is 0.124. The summed E-state index contributed by atoms with van der Waals surface area (Å²) in [5.41, 5.74) is 6.90. The first-order valence-electron chi connectivity index (χ1n) is 38.0. The summed E-state index contributed by atoms with van der Waals surface area (Å²) in [6, 6.07) is 18.0. The zero-order chi connectivity index (χ0) is 79.6. The number of fused-ring (bicyclic) bond motifs is 4. The predicted molar refractivity (Wildman–Crippen MR) is 431 cm³/mol. The van der Waals surface area contributed by atoms with E-state index in [2.05, 4.69) is 63.4 Å². The van der Waals surface area contributed by atoms with Crippen LogP contribution in [0.15, 0.2) is 91.6 Å². The third-order valence-electron chi connectivity index (χ3n) is 22.1. The third-order valence-corrected chi connectivity index (χ3v) is 24.2. The lowest BCUT2D eigenvalue weighted by Crippen LogP contribution is -2.44. The van der Waals surface area contributed by atoms with Gasteiger partial charge >= 0.3 is 18.7 Å². The lowest BCUT2D eigenvalue weighted by Gasteiger charge is -2.38. The van der Waals surface area contributed by atoms with Crippen LogP contribution >= 0.6 is 31.8 Å². The van der Waals surface area contributed by atoms with Crippen LogP contribution in [0.25, 0.3) is 42.5 Å². The number of aromatic nitrogens is 8. The van der Waals surface area contributed by atoms with Crippen LogP contribution in [-0.2, 0) is 49.3 Å². The number of thiazole rings is 2. The first kappa shape index (κ1) is 80.4. The Kier molecular flexibility index (Phi) is 24.4. The molecule has 16 rings (SSSR count). The molecule has 6 aliphatic heterocycles. The van der Waals surface area contributed by atoms with Crippen molar-refractivity contribution in [1.82, 2.24) is 59.1 Å². The van der Waals surface area contributed by atoms with E-state index in [0.717, 1.165) is 175 Å². The van der Waals surface area contributed by atoms with Gasteiger partial charge in [-0.25, -0.2) is 29.5 Å². The summed E-state index contributed by atoms with van der Waals surface area (Å²) in [6.07, 6.45) is 12.7. The van der Waals surface area contributed by atoms with Gasteiger partial charge in [-0.1, -0.05) is 46.9 Å². The highest BCUT2D eigenvalue weighted by Gasteiger charge is 2.37. The molecule has 6 aromatic heterocycles. The number of imide groups is 2. The van der Waals surface area contributed by atoms with Crippen molar-refractivity contribution in [2.75, 3.05) is 79.3 Å². The predicted octanol–water partition coefficient (Wildman–Crippen LogP) is 9.44. The van der Waals surface area contributed by atoms with E-state index in [9.17, 15) is 57.7 Å². The number of nitrogens with one attached hydrogen (secondary N) is 5. The summed E-state index contributed by atoms with van der Waals surface area (Å²) < 4.78 is 28.7. The van der Waals surface area contributed by atoms with E-state index in [1.807, 2.05) is 48.5 Å². The summed E-state index contributed by atoms with van der Waals surface area (Å²) >= 11 is 3.13. The Bertz CT molecular complexity index is 5330. The number of benzene rings is 4. The largest absolute Gasteiger partial charge is 0.448 e. The molecule has 0 bridgehead atoms. The molecule has 6 saturated heterocycles. The number of aryl methyl sites for hydroxylation is 4. The molecule has 1 radical (unpaired) electrons. The zero-order valence-electron chi connectivity index (χ0n) is 64.0. The number of piperidine rings is 6. The van der Waals surface area contributed by atoms with Crippen LogP contribution in [0.5, 0.6) is 0 Å². The van der Waals surface area contributed by atoms with Crippen molar-refractivity contribution in [3.63, 3.8) is 0 Å². The molecule has 34 heteroatoms. The Morgan fingerprint density at radius 2 is 1.04 bits per heavy atom. The molecule has 4 aromatic carbocycles. The third kappa shape index (κ3) is 17.4. The number of likely N-dealkylation sites (tertiary alicyclic amines) is 1. The average Bonchev–Trinajstić information content (AvgIpc) is 1.60. The SMILES string of the molecule is Cc1nc(C(=O)Nc2cc3sc(N4CCC(C=O)CC4)nc3cc2C(C)(C)O)co1.Cc1nc(C(=O)Nc2cc3sc(N4CCC(CN5CCC(c6cccc7c6n(C)c(=O)n7C6CCC(=O)NC6=O)CC5)CC4)nc3cc2C(C)(C)O)co1.Cn1c(=O)n(C2CCC(=O)NC2=O)c2cccc(C3CCNCC3)c21.F[B]P. The number of hydrogen-bond acceptors (Lipinski definition) is 23. The van der Waals surface area contributed by atoms with Crippen LogP contribution in [0.2, 0.25) is 0 Å². The molecule has 12 heterocycles. The van der Waals surface area contributed by atoms with Gasteiger partial charge in [0.1, 0.15) is 30.9 Å². The second-order valence-corrected chi connectivity index (χ2v) is 32.9. The summed E-state index contributed by atoms with van der Waals surface area (Å²) in [7, 11) is 5.74. The number of nitrogens with zero attached hydrogens (tertiary/aromatic N) is 11. The number of carbonyl (C=O) groups excluding carboxylic acids is 7. The number of oxazole rings is 2. The minimum Gasteiger partial charge on any atom is -0.448 e. The zero-order valence-corrected chi connectivity index (χ0v) is 66.8. The van der Waals surface area contributed by atoms with Gasteiger partial charge in [0, 0.05) is 102 Å². The molecule has 6 fully saturated rings. The van der Waals surface area contributed by atoms with E-state index in [1.165, 1.54) is 29.4 Å². The van der Waals surface area contributed by atoms with E-state index in [-0.39, 0.29) is 53.3 Å². The van der Waals surface area contributed by atoms with Crippen molar-refractivity contribution >= 4 is 145 Å². The summed E-state index contributed by atoms with van der Waals surface area (Å²) in [5.74, 6) is 0.0594. The molecule has 112 heavy (non-hydrogen) atoms. The van der Waals surface area contributed by atoms with Crippen LogP contribution in [0.1, 0.15) is 184 Å². The molecule has 29 nitrogen and oxygen atoms in total. The Hall–Kier alpha value is -9.63. The first-order chi connectivity index (χ1) is 53.6. The lowest BCUT2D eigenvalue weighted by atomic mass is 9.87. The highest BCUT2D eigenvalue weighted by Crippen LogP contribution is 2.42.